The zero-order valence-corrected chi connectivity index (χ0v) is 21.3. The number of para-hydroxylation sites is 3. The second-order valence-electron chi connectivity index (χ2n) is 8.96. The Hall–Kier alpha value is -4.31. The van der Waals surface area contributed by atoms with E-state index in [-0.39, 0.29) is 0 Å². The first-order valence-corrected chi connectivity index (χ1v) is 12.7. The maximum absolute atomic E-state index is 12.1. The number of hydrogen-bond donors (Lipinski definition) is 0. The molecular formula is C33H33NO3. The van der Waals surface area contributed by atoms with Crippen molar-refractivity contribution >= 4 is 23.0 Å². The molecule has 0 amide bonds. The van der Waals surface area contributed by atoms with Crippen molar-refractivity contribution in [1.82, 2.24) is 0 Å². The van der Waals surface area contributed by atoms with Gasteiger partial charge in [-0.2, -0.15) is 0 Å². The van der Waals surface area contributed by atoms with Gasteiger partial charge in [0.1, 0.15) is 5.75 Å². The molecule has 0 aliphatic heterocycles. The van der Waals surface area contributed by atoms with Crippen molar-refractivity contribution in [1.29, 1.82) is 0 Å². The number of carbonyl (C=O) groups excluding carboxylic acids is 1. The molecule has 4 aromatic carbocycles. The highest BCUT2D eigenvalue weighted by atomic mass is 16.7. The number of rotatable bonds is 12. The molecule has 1 unspecified atom stereocenters. The van der Waals surface area contributed by atoms with Gasteiger partial charge < -0.3 is 14.4 Å². The van der Waals surface area contributed by atoms with Crippen LogP contribution in [0, 0.1) is 0 Å². The minimum atomic E-state index is -0.640. The van der Waals surface area contributed by atoms with Gasteiger partial charge in [0.25, 0.3) is 0 Å². The Kier molecular flexibility index (Phi) is 9.14. The number of nitrogens with zero attached hydrogens (tertiary/aromatic N) is 1. The van der Waals surface area contributed by atoms with E-state index in [1.54, 1.807) is 6.92 Å². The Balaban J connectivity index is 1.36. The lowest BCUT2D eigenvalue weighted by atomic mass is 10.1. The van der Waals surface area contributed by atoms with E-state index in [9.17, 15) is 4.79 Å². The summed E-state index contributed by atoms with van der Waals surface area (Å²) < 4.78 is 11.5. The molecule has 4 nitrogen and oxygen atoms in total. The lowest BCUT2D eigenvalue weighted by Crippen LogP contribution is -2.24. The maximum Gasteiger partial charge on any atom is 0.336 e. The van der Waals surface area contributed by atoms with E-state index in [0.717, 1.165) is 36.3 Å². The molecule has 0 fully saturated rings. The van der Waals surface area contributed by atoms with Crippen LogP contribution >= 0.6 is 0 Å². The van der Waals surface area contributed by atoms with Gasteiger partial charge >= 0.3 is 5.97 Å². The molecule has 4 rings (SSSR count). The Labute approximate surface area is 219 Å². The summed E-state index contributed by atoms with van der Waals surface area (Å²) >= 11 is 0. The van der Waals surface area contributed by atoms with Crippen molar-refractivity contribution in [2.75, 3.05) is 4.90 Å². The number of carbonyl (C=O) groups is 1. The number of ether oxygens (including phenoxy) is 2. The molecule has 1 atom stereocenters. The van der Waals surface area contributed by atoms with Crippen molar-refractivity contribution in [3.8, 4) is 5.75 Å². The third kappa shape index (κ3) is 7.58. The lowest BCUT2D eigenvalue weighted by Gasteiger charge is -2.25. The quantitative estimate of drug-likeness (QED) is 0.0863. The zero-order chi connectivity index (χ0) is 25.9. The van der Waals surface area contributed by atoms with Gasteiger partial charge in [0.15, 0.2) is 0 Å². The fraction of sp³-hybridized carbons (Fsp3) is 0.182. The van der Waals surface area contributed by atoms with Gasteiger partial charge in [-0.3, -0.25) is 0 Å². The minimum Gasteiger partial charge on any atom is -0.455 e. The average molecular weight is 492 g/mol. The summed E-state index contributed by atoms with van der Waals surface area (Å²) in [4.78, 5) is 14.3. The van der Waals surface area contributed by atoms with Gasteiger partial charge in [-0.15, -0.1) is 0 Å². The Morgan fingerprint density at radius 1 is 0.730 bits per heavy atom. The molecule has 0 saturated carbocycles. The topological polar surface area (TPSA) is 38.8 Å². The van der Waals surface area contributed by atoms with Crippen LogP contribution in [0.15, 0.2) is 127 Å². The average Bonchev–Trinajstić information content (AvgIpc) is 2.93. The third-order valence-corrected chi connectivity index (χ3v) is 5.98. The van der Waals surface area contributed by atoms with Gasteiger partial charge in [-0.25, -0.2) is 4.79 Å². The summed E-state index contributed by atoms with van der Waals surface area (Å²) in [6.45, 7) is 5.32. The molecular weight excluding hydrogens is 458 g/mol. The third-order valence-electron chi connectivity index (χ3n) is 5.98. The van der Waals surface area contributed by atoms with Gasteiger partial charge in [0.05, 0.1) is 0 Å². The van der Waals surface area contributed by atoms with Gasteiger partial charge in [0.2, 0.25) is 6.29 Å². The van der Waals surface area contributed by atoms with Crippen LogP contribution in [0.2, 0.25) is 0 Å². The predicted octanol–water partition coefficient (Wildman–Crippen LogP) is 8.39. The maximum atomic E-state index is 12.1. The van der Waals surface area contributed by atoms with Crippen LogP contribution in [0.5, 0.6) is 5.75 Å². The summed E-state index contributed by atoms with van der Waals surface area (Å²) in [5.41, 5.74) is 4.99. The molecule has 0 saturated heterocycles. The van der Waals surface area contributed by atoms with Crippen LogP contribution in [0.3, 0.4) is 0 Å². The van der Waals surface area contributed by atoms with E-state index in [4.69, 9.17) is 9.47 Å². The SMILES string of the molecule is C=C(C)C(=O)OC(CCCCc1ccc(N(c2ccccc2)c2ccccc2)cc1)Oc1ccccc1. The fourth-order valence-corrected chi connectivity index (χ4v) is 4.07. The van der Waals surface area contributed by atoms with Crippen LogP contribution in [0.4, 0.5) is 17.1 Å². The summed E-state index contributed by atoms with van der Waals surface area (Å²) in [7, 11) is 0. The Morgan fingerprint density at radius 3 is 1.78 bits per heavy atom. The summed E-state index contributed by atoms with van der Waals surface area (Å²) in [6, 6.07) is 38.9. The molecule has 188 valence electrons. The molecule has 37 heavy (non-hydrogen) atoms. The van der Waals surface area contributed by atoms with Crippen molar-refractivity contribution in [3.63, 3.8) is 0 Å². The fourth-order valence-electron chi connectivity index (χ4n) is 4.07. The van der Waals surface area contributed by atoms with Crippen molar-refractivity contribution in [3.05, 3.63) is 133 Å². The van der Waals surface area contributed by atoms with Crippen LogP contribution < -0.4 is 9.64 Å². The number of aryl methyl sites for hydroxylation is 1. The van der Waals surface area contributed by atoms with Gasteiger partial charge in [0, 0.05) is 29.1 Å². The first kappa shape index (κ1) is 25.8. The number of unbranched alkanes of at least 4 members (excludes halogenated alkanes) is 1. The van der Waals surface area contributed by atoms with Crippen LogP contribution in [-0.2, 0) is 16.0 Å². The highest BCUT2D eigenvalue weighted by Gasteiger charge is 2.17. The van der Waals surface area contributed by atoms with E-state index in [2.05, 4.69) is 84.3 Å². The number of esters is 1. The molecule has 0 aliphatic rings. The first-order valence-electron chi connectivity index (χ1n) is 12.7. The number of hydrogen-bond acceptors (Lipinski definition) is 4. The van der Waals surface area contributed by atoms with Crippen LogP contribution in [0.1, 0.15) is 31.7 Å². The highest BCUT2D eigenvalue weighted by Crippen LogP contribution is 2.34. The van der Waals surface area contributed by atoms with E-state index in [1.165, 1.54) is 5.56 Å². The van der Waals surface area contributed by atoms with Crippen LogP contribution in [0.25, 0.3) is 0 Å². The molecule has 0 spiro atoms. The molecule has 0 radical (unpaired) electrons. The van der Waals surface area contributed by atoms with E-state index >= 15 is 0 Å². The molecule has 0 N–H and O–H groups in total. The molecule has 0 bridgehead atoms. The van der Waals surface area contributed by atoms with Crippen molar-refractivity contribution < 1.29 is 14.3 Å². The number of benzene rings is 4. The molecule has 4 heteroatoms. The summed E-state index contributed by atoms with van der Waals surface area (Å²) in [5, 5.41) is 0. The Bertz CT molecular complexity index is 1220. The van der Waals surface area contributed by atoms with Crippen molar-refractivity contribution in [2.45, 2.75) is 38.9 Å². The smallest absolute Gasteiger partial charge is 0.336 e. The number of anilines is 3. The minimum absolute atomic E-state index is 0.363. The van der Waals surface area contributed by atoms with Gasteiger partial charge in [-0.1, -0.05) is 73.3 Å². The summed E-state index contributed by atoms with van der Waals surface area (Å²) in [5.74, 6) is 0.247. The first-order chi connectivity index (χ1) is 18.1. The zero-order valence-electron chi connectivity index (χ0n) is 21.3. The molecule has 4 aromatic rings. The van der Waals surface area contributed by atoms with E-state index in [1.807, 2.05) is 42.5 Å². The molecule has 0 aliphatic carbocycles. The highest BCUT2D eigenvalue weighted by molar-refractivity contribution is 5.87. The standard InChI is InChI=1S/C33H33NO3/c1-26(2)33(35)37-32(36-31-19-10-5-11-20-31)21-13-12-14-27-22-24-30(25-23-27)34(28-15-6-3-7-16-28)29-17-8-4-9-18-29/h3-11,15-20,22-25,32H,1,12-14,21H2,2H3. The van der Waals surface area contributed by atoms with Crippen LogP contribution in [-0.4, -0.2) is 12.3 Å². The van der Waals surface area contributed by atoms with E-state index in [0.29, 0.717) is 17.7 Å². The van der Waals surface area contributed by atoms with Crippen molar-refractivity contribution in [2.24, 2.45) is 0 Å². The lowest BCUT2D eigenvalue weighted by molar-refractivity contribution is -0.159. The normalized spacial score (nSPS) is 11.4. The second-order valence-corrected chi connectivity index (χ2v) is 8.96. The molecule has 0 heterocycles. The monoisotopic (exact) mass is 491 g/mol. The molecule has 0 aromatic heterocycles. The largest absolute Gasteiger partial charge is 0.455 e. The summed E-state index contributed by atoms with van der Waals surface area (Å²) in [6.07, 6.45) is 2.73. The van der Waals surface area contributed by atoms with E-state index < -0.39 is 12.3 Å². The van der Waals surface area contributed by atoms with Gasteiger partial charge in [-0.05, 0) is 80.3 Å². The second kappa shape index (κ2) is 13.1. The Morgan fingerprint density at radius 2 is 1.24 bits per heavy atom. The predicted molar refractivity (Wildman–Crippen MR) is 150 cm³/mol.